The number of fused-ring (bicyclic) bond motifs is 1. The van der Waals surface area contributed by atoms with Gasteiger partial charge in [-0.25, -0.2) is 14.8 Å². The van der Waals surface area contributed by atoms with Gasteiger partial charge in [0.15, 0.2) is 11.5 Å². The van der Waals surface area contributed by atoms with Gasteiger partial charge in [0.25, 0.3) is 0 Å². The Morgan fingerprint density at radius 1 is 1.38 bits per heavy atom. The van der Waals surface area contributed by atoms with Gasteiger partial charge in [-0.2, -0.15) is 4.37 Å². The average Bonchev–Trinajstić information content (AvgIpc) is 3.21. The maximum Gasteiger partial charge on any atom is 0.323 e. The van der Waals surface area contributed by atoms with Gasteiger partial charge in [-0.15, -0.1) is 0 Å². The van der Waals surface area contributed by atoms with Crippen LogP contribution in [0.15, 0.2) is 28.7 Å². The molecule has 0 unspecified atom stereocenters. The molecular weight excluding hydrogens is 326 g/mol. The van der Waals surface area contributed by atoms with E-state index >= 15 is 0 Å². The van der Waals surface area contributed by atoms with Crippen LogP contribution in [0.2, 0.25) is 0 Å². The minimum absolute atomic E-state index is 0.119. The van der Waals surface area contributed by atoms with Crippen LogP contribution in [0.25, 0.3) is 11.1 Å². The van der Waals surface area contributed by atoms with Crippen LogP contribution in [-0.4, -0.2) is 38.4 Å². The number of nitrogens with zero attached hydrogens (tertiary/aromatic N) is 4. The van der Waals surface area contributed by atoms with Crippen molar-refractivity contribution < 1.29 is 9.21 Å². The molecule has 0 radical (unpaired) electrons. The second-order valence-electron chi connectivity index (χ2n) is 5.88. The van der Waals surface area contributed by atoms with E-state index in [-0.39, 0.29) is 11.9 Å². The lowest BCUT2D eigenvalue weighted by Crippen LogP contribution is -2.41. The van der Waals surface area contributed by atoms with Crippen LogP contribution < -0.4 is 5.32 Å². The molecular formula is C16H17N5O2S. The van der Waals surface area contributed by atoms with Crippen molar-refractivity contribution in [2.75, 3.05) is 18.4 Å². The second-order valence-corrected chi connectivity index (χ2v) is 6.63. The number of rotatable bonds is 2. The molecule has 1 N–H and O–H groups in total. The van der Waals surface area contributed by atoms with Crippen LogP contribution >= 0.6 is 11.5 Å². The largest absolute Gasteiger partial charge is 0.440 e. The highest BCUT2D eigenvalue weighted by Gasteiger charge is 2.28. The van der Waals surface area contributed by atoms with E-state index in [1.165, 1.54) is 11.5 Å². The number of aryl methyl sites for hydroxylation is 1. The van der Waals surface area contributed by atoms with E-state index in [1.54, 1.807) is 11.8 Å². The van der Waals surface area contributed by atoms with Crippen molar-refractivity contribution in [3.05, 3.63) is 36.0 Å². The normalized spacial score (nSPS) is 18.0. The minimum Gasteiger partial charge on any atom is -0.440 e. The zero-order valence-corrected chi connectivity index (χ0v) is 14.0. The summed E-state index contributed by atoms with van der Waals surface area (Å²) in [5.41, 5.74) is 1.65. The number of amides is 2. The lowest BCUT2D eigenvalue weighted by atomic mass is 9.98. The zero-order chi connectivity index (χ0) is 16.5. The fourth-order valence-corrected chi connectivity index (χ4v) is 3.51. The van der Waals surface area contributed by atoms with E-state index in [4.69, 9.17) is 4.42 Å². The summed E-state index contributed by atoms with van der Waals surface area (Å²) in [5.74, 6) is 1.49. The van der Waals surface area contributed by atoms with Crippen molar-refractivity contribution in [2.45, 2.75) is 25.7 Å². The molecule has 0 spiro atoms. The molecule has 0 bridgehead atoms. The van der Waals surface area contributed by atoms with E-state index in [1.807, 2.05) is 24.3 Å². The quantitative estimate of drug-likeness (QED) is 0.771. The van der Waals surface area contributed by atoms with E-state index in [0.29, 0.717) is 23.4 Å². The number of aromatic nitrogens is 3. The third-order valence-corrected chi connectivity index (χ3v) is 4.83. The fourth-order valence-electron chi connectivity index (χ4n) is 2.95. The predicted molar refractivity (Wildman–Crippen MR) is 91.2 cm³/mol. The second kappa shape index (κ2) is 6.20. The Bertz CT molecular complexity index is 841. The minimum atomic E-state index is -0.146. The number of likely N-dealkylation sites (tertiary alicyclic amines) is 1. The van der Waals surface area contributed by atoms with Gasteiger partial charge >= 0.3 is 6.03 Å². The summed E-state index contributed by atoms with van der Waals surface area (Å²) in [7, 11) is 0. The molecule has 0 saturated carbocycles. The standard InChI is InChI=1S/C16H17N5O2S/c1-10-17-15(24-20-10)19-16(22)21-8-4-5-11(9-21)14-18-12-6-2-3-7-13(12)23-14/h2-3,6-7,11H,4-5,8-9H2,1H3,(H,17,19,20,22)/t11-/m0/s1. The van der Waals surface area contributed by atoms with Crippen LogP contribution in [0.3, 0.4) is 0 Å². The molecule has 1 aliphatic heterocycles. The summed E-state index contributed by atoms with van der Waals surface area (Å²) in [6.07, 6.45) is 1.89. The first-order valence-corrected chi connectivity index (χ1v) is 8.68. The van der Waals surface area contributed by atoms with Crippen LogP contribution in [0.5, 0.6) is 0 Å². The number of para-hydroxylation sites is 2. The number of carbonyl (C=O) groups is 1. The van der Waals surface area contributed by atoms with Gasteiger partial charge in [0.1, 0.15) is 11.3 Å². The van der Waals surface area contributed by atoms with Gasteiger partial charge in [-0.3, -0.25) is 5.32 Å². The maximum absolute atomic E-state index is 12.4. The van der Waals surface area contributed by atoms with Crippen molar-refractivity contribution in [1.29, 1.82) is 0 Å². The zero-order valence-electron chi connectivity index (χ0n) is 13.2. The summed E-state index contributed by atoms with van der Waals surface area (Å²) in [6, 6.07) is 7.58. The van der Waals surface area contributed by atoms with Gasteiger partial charge in [-0.05, 0) is 31.9 Å². The number of oxazole rings is 1. The summed E-state index contributed by atoms with van der Waals surface area (Å²) in [4.78, 5) is 23.0. The Hall–Kier alpha value is -2.48. The molecule has 2 aromatic heterocycles. The molecule has 2 amide bonds. The number of carbonyl (C=O) groups excluding carboxylic acids is 1. The molecule has 4 rings (SSSR count). The summed E-state index contributed by atoms with van der Waals surface area (Å²) in [6.45, 7) is 3.12. The van der Waals surface area contributed by atoms with Crippen molar-refractivity contribution in [3.63, 3.8) is 0 Å². The number of anilines is 1. The summed E-state index contributed by atoms with van der Waals surface area (Å²) >= 11 is 1.19. The third kappa shape index (κ3) is 2.96. The molecule has 1 saturated heterocycles. The molecule has 24 heavy (non-hydrogen) atoms. The van der Waals surface area contributed by atoms with Crippen molar-refractivity contribution in [3.8, 4) is 0 Å². The lowest BCUT2D eigenvalue weighted by molar-refractivity contribution is 0.187. The molecule has 1 atom stereocenters. The highest BCUT2D eigenvalue weighted by molar-refractivity contribution is 7.09. The van der Waals surface area contributed by atoms with Crippen LogP contribution in [-0.2, 0) is 0 Å². The molecule has 0 aliphatic carbocycles. The van der Waals surface area contributed by atoms with E-state index in [2.05, 4.69) is 19.7 Å². The third-order valence-electron chi connectivity index (χ3n) is 4.11. The predicted octanol–water partition coefficient (Wildman–Crippen LogP) is 3.40. The number of benzene rings is 1. The molecule has 7 nitrogen and oxygen atoms in total. The number of urea groups is 1. The lowest BCUT2D eigenvalue weighted by Gasteiger charge is -2.30. The van der Waals surface area contributed by atoms with E-state index < -0.39 is 0 Å². The van der Waals surface area contributed by atoms with Crippen molar-refractivity contribution in [1.82, 2.24) is 19.2 Å². The molecule has 1 aliphatic rings. The molecule has 1 fully saturated rings. The Balaban J connectivity index is 1.47. The first-order valence-electron chi connectivity index (χ1n) is 7.91. The average molecular weight is 343 g/mol. The molecule has 3 aromatic rings. The highest BCUT2D eigenvalue weighted by atomic mass is 32.1. The topological polar surface area (TPSA) is 84.2 Å². The van der Waals surface area contributed by atoms with E-state index in [0.717, 1.165) is 30.5 Å². The number of hydrogen-bond acceptors (Lipinski definition) is 6. The molecule has 1 aromatic carbocycles. The summed E-state index contributed by atoms with van der Waals surface area (Å²) in [5, 5.41) is 3.34. The Kier molecular flexibility index (Phi) is 3.89. The number of hydrogen-bond donors (Lipinski definition) is 1. The molecule has 124 valence electrons. The van der Waals surface area contributed by atoms with Gasteiger partial charge in [0.05, 0.1) is 5.92 Å². The van der Waals surface area contributed by atoms with Crippen molar-refractivity contribution in [2.24, 2.45) is 0 Å². The van der Waals surface area contributed by atoms with Gasteiger partial charge in [0.2, 0.25) is 5.13 Å². The smallest absolute Gasteiger partial charge is 0.323 e. The number of piperidine rings is 1. The van der Waals surface area contributed by atoms with Crippen molar-refractivity contribution >= 4 is 33.8 Å². The fraction of sp³-hybridized carbons (Fsp3) is 0.375. The first kappa shape index (κ1) is 15.1. The Morgan fingerprint density at radius 3 is 3.04 bits per heavy atom. The Labute approximate surface area is 142 Å². The summed E-state index contributed by atoms with van der Waals surface area (Å²) < 4.78 is 9.94. The van der Waals surface area contributed by atoms with Crippen LogP contribution in [0, 0.1) is 6.92 Å². The van der Waals surface area contributed by atoms with Gasteiger partial charge in [0, 0.05) is 24.6 Å². The van der Waals surface area contributed by atoms with Gasteiger partial charge < -0.3 is 9.32 Å². The highest BCUT2D eigenvalue weighted by Crippen LogP contribution is 2.29. The SMILES string of the molecule is Cc1nsc(NC(=O)N2CCC[C@H](c3nc4ccccc4o3)C2)n1. The van der Waals surface area contributed by atoms with E-state index in [9.17, 15) is 4.79 Å². The van der Waals surface area contributed by atoms with Gasteiger partial charge in [-0.1, -0.05) is 12.1 Å². The molecule has 3 heterocycles. The Morgan fingerprint density at radius 2 is 2.25 bits per heavy atom. The van der Waals surface area contributed by atoms with Crippen LogP contribution in [0.4, 0.5) is 9.93 Å². The monoisotopic (exact) mass is 343 g/mol. The van der Waals surface area contributed by atoms with Crippen LogP contribution in [0.1, 0.15) is 30.5 Å². The number of nitrogens with one attached hydrogen (secondary N) is 1. The maximum atomic E-state index is 12.4. The molecule has 8 heteroatoms. The first-order chi connectivity index (χ1) is 11.7.